The van der Waals surface area contributed by atoms with Crippen LogP contribution >= 0.6 is 23.5 Å². The molecule has 9 heteroatoms. The average Bonchev–Trinajstić information content (AvgIpc) is 2.91. The fourth-order valence-electron chi connectivity index (χ4n) is 4.44. The number of fused-ring (bicyclic) bond motifs is 2. The summed E-state index contributed by atoms with van der Waals surface area (Å²) in [5.41, 5.74) is 1.41. The molecule has 41 heavy (non-hydrogen) atoms. The van der Waals surface area contributed by atoms with Crippen LogP contribution in [-0.2, 0) is 29.8 Å². The minimum Gasteiger partial charge on any atom is -0.456 e. The quantitative estimate of drug-likeness (QED) is 0.0740. The van der Waals surface area contributed by atoms with Gasteiger partial charge in [0.25, 0.3) is 0 Å². The number of halogens is 1. The van der Waals surface area contributed by atoms with Crippen molar-refractivity contribution in [2.24, 2.45) is 0 Å². The third-order valence-electron chi connectivity index (χ3n) is 6.17. The summed E-state index contributed by atoms with van der Waals surface area (Å²) in [6.45, 7) is 9.29. The second kappa shape index (κ2) is 12.9. The van der Waals surface area contributed by atoms with Gasteiger partial charge in [-0.2, -0.15) is 0 Å². The van der Waals surface area contributed by atoms with Crippen LogP contribution in [0.3, 0.4) is 0 Å². The Hall–Kier alpha value is -3.03. The van der Waals surface area contributed by atoms with Crippen LogP contribution in [-0.4, -0.2) is 30.8 Å². The number of carbonyl (C=O) groups excluding carboxylic acids is 2. The van der Waals surface area contributed by atoms with Gasteiger partial charge in [-0.1, -0.05) is 58.4 Å². The van der Waals surface area contributed by atoms with Crippen LogP contribution in [0.25, 0.3) is 21.5 Å². The Balaban J connectivity index is 1.81. The summed E-state index contributed by atoms with van der Waals surface area (Å²) in [5.74, 6) is -1.17. The number of esters is 2. The van der Waals surface area contributed by atoms with E-state index in [-0.39, 0.29) is 30.7 Å². The van der Waals surface area contributed by atoms with Gasteiger partial charge in [-0.05, 0) is 86.2 Å². The van der Waals surface area contributed by atoms with E-state index < -0.39 is 25.1 Å². The molecular formula is C32H34BrO7P. The molecule has 0 aliphatic heterocycles. The third-order valence-corrected chi connectivity index (χ3v) is 8.88. The molecule has 0 saturated heterocycles. The molecule has 0 fully saturated rings. The molecule has 0 radical (unpaired) electrons. The Morgan fingerprint density at radius 3 is 2.07 bits per heavy atom. The number of alkyl halides is 1. The predicted octanol–water partition coefficient (Wildman–Crippen LogP) is 8.83. The first-order chi connectivity index (χ1) is 19.4. The molecular weight excluding hydrogens is 607 g/mol. The molecule has 216 valence electrons. The van der Waals surface area contributed by atoms with Crippen molar-refractivity contribution in [1.29, 1.82) is 0 Å². The third kappa shape index (κ3) is 7.63. The van der Waals surface area contributed by atoms with Crippen LogP contribution in [0, 0.1) is 0 Å². The van der Waals surface area contributed by atoms with Crippen LogP contribution in [0.1, 0.15) is 66.5 Å². The van der Waals surface area contributed by atoms with E-state index in [1.165, 1.54) is 0 Å². The van der Waals surface area contributed by atoms with E-state index in [1.54, 1.807) is 65.0 Å². The highest BCUT2D eigenvalue weighted by Crippen LogP contribution is 2.51. The molecule has 0 amide bonds. The van der Waals surface area contributed by atoms with Gasteiger partial charge >= 0.3 is 19.5 Å². The molecule has 0 aliphatic rings. The number of hydrogen-bond acceptors (Lipinski definition) is 7. The van der Waals surface area contributed by atoms with E-state index in [1.807, 2.05) is 36.4 Å². The smallest absolute Gasteiger partial charge is 0.343 e. The van der Waals surface area contributed by atoms with Crippen LogP contribution in [0.15, 0.2) is 66.7 Å². The van der Waals surface area contributed by atoms with Gasteiger partial charge in [0.1, 0.15) is 11.2 Å². The average molecular weight is 641 g/mol. The first-order valence-corrected chi connectivity index (χ1v) is 16.3. The number of hydrogen-bond donors (Lipinski definition) is 0. The topological polar surface area (TPSA) is 88.1 Å². The van der Waals surface area contributed by atoms with E-state index in [0.717, 1.165) is 21.7 Å². The normalized spacial score (nSPS) is 12.0. The number of benzene rings is 4. The van der Waals surface area contributed by atoms with E-state index in [9.17, 15) is 14.2 Å². The van der Waals surface area contributed by atoms with Crippen LogP contribution in [0.2, 0.25) is 0 Å². The molecule has 0 heterocycles. The fourth-order valence-corrected chi connectivity index (χ4v) is 6.48. The Kier molecular flexibility index (Phi) is 9.70. The summed E-state index contributed by atoms with van der Waals surface area (Å²) in [6.07, 6.45) is 0.0231. The molecule has 0 N–H and O–H groups in total. The van der Waals surface area contributed by atoms with Crippen molar-refractivity contribution in [2.45, 2.75) is 51.7 Å². The summed E-state index contributed by atoms with van der Waals surface area (Å²) in [6, 6.07) is 20.1. The molecule has 4 rings (SSSR count). The molecule has 0 spiro atoms. The second-order valence-electron chi connectivity index (χ2n) is 10.5. The maximum absolute atomic E-state index is 13.5. The van der Waals surface area contributed by atoms with Crippen molar-refractivity contribution in [2.75, 3.05) is 13.2 Å². The van der Waals surface area contributed by atoms with Gasteiger partial charge in [0, 0.05) is 10.7 Å². The van der Waals surface area contributed by atoms with Crippen molar-refractivity contribution in [3.05, 3.63) is 89.0 Å². The molecule has 0 aromatic heterocycles. The fraction of sp³-hybridized carbons (Fsp3) is 0.312. The molecule has 0 atom stereocenters. The Bertz CT molecular complexity index is 1630. The van der Waals surface area contributed by atoms with Crippen molar-refractivity contribution >= 4 is 57.0 Å². The lowest BCUT2D eigenvalue weighted by Gasteiger charge is -2.21. The first-order valence-electron chi connectivity index (χ1n) is 13.4. The number of ether oxygens (including phenoxy) is 2. The molecule has 0 unspecified atom stereocenters. The number of rotatable bonds is 10. The largest absolute Gasteiger partial charge is 0.456 e. The summed E-state index contributed by atoms with van der Waals surface area (Å²) in [7, 11) is -3.40. The van der Waals surface area contributed by atoms with Gasteiger partial charge in [0.05, 0.1) is 24.9 Å². The first kappa shape index (κ1) is 30.9. The molecule has 4 aromatic carbocycles. The second-order valence-corrected chi connectivity index (χ2v) is 13.1. The highest BCUT2D eigenvalue weighted by Gasteiger charge is 2.27. The van der Waals surface area contributed by atoms with E-state index in [2.05, 4.69) is 15.9 Å². The summed E-state index contributed by atoms with van der Waals surface area (Å²) >= 11 is 3.47. The van der Waals surface area contributed by atoms with Gasteiger partial charge in [-0.15, -0.1) is 0 Å². The van der Waals surface area contributed by atoms with E-state index in [0.29, 0.717) is 21.8 Å². The zero-order valence-corrected chi connectivity index (χ0v) is 26.3. The van der Waals surface area contributed by atoms with Crippen LogP contribution in [0.5, 0.6) is 5.75 Å². The summed E-state index contributed by atoms with van der Waals surface area (Å²) < 4.78 is 35.8. The van der Waals surface area contributed by atoms with Crippen molar-refractivity contribution < 1.29 is 32.7 Å². The van der Waals surface area contributed by atoms with Gasteiger partial charge in [-0.25, -0.2) is 9.59 Å². The maximum Gasteiger partial charge on any atom is 0.343 e. The molecule has 7 nitrogen and oxygen atoms in total. The van der Waals surface area contributed by atoms with E-state index >= 15 is 0 Å². The maximum atomic E-state index is 13.5. The lowest BCUT2D eigenvalue weighted by Crippen LogP contribution is -2.24. The van der Waals surface area contributed by atoms with E-state index in [4.69, 9.17) is 18.5 Å². The standard InChI is InChI=1S/C32H34BrO7P/c1-6-37-41(36,38-7-2)20-22-9-11-24-14-15-27(31(35)40-32(3,4)5)29(28(24)17-22)39-30(34)25-13-12-23-10-8-21(19-33)16-26(23)18-25/h8-18H,6-7,19-20H2,1-5H3. The zero-order valence-electron chi connectivity index (χ0n) is 23.9. The van der Waals surface area contributed by atoms with Crippen LogP contribution in [0.4, 0.5) is 0 Å². The lowest BCUT2D eigenvalue weighted by molar-refractivity contribution is 0.00670. The Morgan fingerprint density at radius 2 is 1.41 bits per heavy atom. The number of carbonyl (C=O) groups is 2. The van der Waals surface area contributed by atoms with Gasteiger partial charge < -0.3 is 18.5 Å². The minimum absolute atomic E-state index is 0.0231. The Morgan fingerprint density at radius 1 is 0.780 bits per heavy atom. The monoisotopic (exact) mass is 640 g/mol. The van der Waals surface area contributed by atoms with Gasteiger partial charge in [0.15, 0.2) is 5.75 Å². The molecule has 0 aliphatic carbocycles. The predicted molar refractivity (Wildman–Crippen MR) is 165 cm³/mol. The molecule has 0 bridgehead atoms. The van der Waals surface area contributed by atoms with Crippen molar-refractivity contribution in [3.63, 3.8) is 0 Å². The SMILES string of the molecule is CCOP(=O)(Cc1ccc2ccc(C(=O)OC(C)(C)C)c(OC(=O)c3ccc4ccc(CBr)cc4c3)c2c1)OCC. The lowest BCUT2D eigenvalue weighted by atomic mass is 10.0. The molecule has 0 saturated carbocycles. The highest BCUT2D eigenvalue weighted by atomic mass is 79.9. The zero-order chi connectivity index (χ0) is 29.8. The van der Waals surface area contributed by atoms with Crippen molar-refractivity contribution in [3.8, 4) is 5.75 Å². The van der Waals surface area contributed by atoms with Crippen molar-refractivity contribution in [1.82, 2.24) is 0 Å². The Labute approximate surface area is 248 Å². The minimum atomic E-state index is -3.40. The highest BCUT2D eigenvalue weighted by molar-refractivity contribution is 9.08. The summed E-state index contributed by atoms with van der Waals surface area (Å²) in [4.78, 5) is 26.8. The summed E-state index contributed by atoms with van der Waals surface area (Å²) in [5, 5.41) is 3.80. The molecule has 4 aromatic rings. The van der Waals surface area contributed by atoms with Gasteiger partial charge in [-0.3, -0.25) is 4.57 Å². The van der Waals surface area contributed by atoms with Crippen LogP contribution < -0.4 is 4.74 Å². The van der Waals surface area contributed by atoms with Gasteiger partial charge in [0.2, 0.25) is 0 Å².